The van der Waals surface area contributed by atoms with Crippen LogP contribution in [0.2, 0.25) is 0 Å². The normalized spacial score (nSPS) is 13.6. The zero-order chi connectivity index (χ0) is 16.3. The molecule has 92 valence electrons. The number of esters is 1. The molecule has 1 aromatic carbocycles. The largest absolute Gasteiger partial charge is 0.478 e. The molecule has 0 fully saturated rings. The molecule has 0 heterocycles. The van der Waals surface area contributed by atoms with Gasteiger partial charge in [-0.15, -0.1) is 0 Å². The van der Waals surface area contributed by atoms with Crippen LogP contribution in [0.1, 0.15) is 52.9 Å². The van der Waals surface area contributed by atoms with E-state index in [1.807, 2.05) is 0 Å². The van der Waals surface area contributed by atoms with Crippen molar-refractivity contribution in [3.8, 4) is 0 Å². The maximum atomic E-state index is 12.1. The summed E-state index contributed by atoms with van der Waals surface area (Å²) in [5.41, 5.74) is -1.41. The number of carbonyl (C=O) groups excluding carboxylic acids is 1. The molecule has 4 heteroatoms. The number of aromatic carboxylic acids is 1. The maximum Gasteiger partial charge on any atom is 0.339 e. The Hall–Kier alpha value is -1.84. The third kappa shape index (κ3) is 3.31. The first-order chi connectivity index (χ1) is 9.76. The Labute approximate surface area is 106 Å². The van der Waals surface area contributed by atoms with Gasteiger partial charge >= 0.3 is 11.9 Å². The summed E-state index contributed by atoms with van der Waals surface area (Å²) in [4.78, 5) is 23.3. The van der Waals surface area contributed by atoms with Gasteiger partial charge in [0.25, 0.3) is 0 Å². The minimum absolute atomic E-state index is 0.433. The summed E-state index contributed by atoms with van der Waals surface area (Å²) in [6, 6.07) is -2.83. The zero-order valence-corrected chi connectivity index (χ0v) is 9.66. The van der Waals surface area contributed by atoms with Crippen molar-refractivity contribution in [2.24, 2.45) is 0 Å². The predicted octanol–water partition coefficient (Wildman–Crippen LogP) is 2.73. The second kappa shape index (κ2) is 6.03. The van der Waals surface area contributed by atoms with Gasteiger partial charge in [-0.1, -0.05) is 25.9 Å². The van der Waals surface area contributed by atoms with Gasteiger partial charge in [-0.3, -0.25) is 0 Å². The molecule has 0 radical (unpaired) electrons. The molecule has 0 bridgehead atoms. The number of carboxylic acids is 1. The van der Waals surface area contributed by atoms with Crippen LogP contribution in [0, 0.1) is 0 Å². The van der Waals surface area contributed by atoms with Crippen LogP contribution in [-0.4, -0.2) is 23.1 Å². The van der Waals surface area contributed by atoms with Gasteiger partial charge in [0.15, 0.2) is 0 Å². The lowest BCUT2D eigenvalue weighted by atomic mass is 10.1. The van der Waals surface area contributed by atoms with Crippen molar-refractivity contribution < 1.29 is 24.9 Å². The number of carboxylic acid groups (broad SMARTS) is 1. The highest BCUT2D eigenvalue weighted by Crippen LogP contribution is 2.13. The molecule has 1 aromatic rings. The fourth-order valence-electron chi connectivity index (χ4n) is 1.29. The molecule has 0 aliphatic carbocycles. The average molecular weight is 240 g/mol. The Morgan fingerprint density at radius 2 is 1.82 bits per heavy atom. The van der Waals surface area contributed by atoms with Crippen LogP contribution in [0.25, 0.3) is 0 Å². The van der Waals surface area contributed by atoms with E-state index >= 15 is 0 Å². The molecule has 1 rings (SSSR count). The predicted molar refractivity (Wildman–Crippen MR) is 63.2 cm³/mol. The molecule has 0 unspecified atom stereocenters. The van der Waals surface area contributed by atoms with Gasteiger partial charge in [0, 0.05) is 0 Å². The lowest BCUT2D eigenvalue weighted by Crippen LogP contribution is -2.18. The summed E-state index contributed by atoms with van der Waals surface area (Å²) in [5, 5.41) is 9.13. The van der Waals surface area contributed by atoms with Crippen molar-refractivity contribution in [3.63, 3.8) is 0 Å². The minimum Gasteiger partial charge on any atom is -0.478 e. The molecule has 0 saturated carbocycles. The Morgan fingerprint density at radius 3 is 2.29 bits per heavy atom. The van der Waals surface area contributed by atoms with Crippen molar-refractivity contribution in [1.82, 2.24) is 0 Å². The quantitative estimate of drug-likeness (QED) is 0.804. The summed E-state index contributed by atoms with van der Waals surface area (Å²) in [7, 11) is 0. The molecule has 0 aromatic heterocycles. The van der Waals surface area contributed by atoms with Crippen molar-refractivity contribution in [2.45, 2.75) is 32.8 Å². The summed E-state index contributed by atoms with van der Waals surface area (Å²) in [6.07, 6.45) is 0.615. The van der Waals surface area contributed by atoms with Gasteiger partial charge in [0.05, 0.1) is 16.6 Å². The van der Waals surface area contributed by atoms with E-state index in [0.717, 1.165) is 0 Å². The van der Waals surface area contributed by atoms with Gasteiger partial charge in [0.2, 0.25) is 0 Å². The first-order valence-electron chi connectivity index (χ1n) is 7.30. The molecule has 1 N–H and O–H groups in total. The second-order valence-corrected chi connectivity index (χ2v) is 3.40. The van der Waals surface area contributed by atoms with E-state index in [0.29, 0.717) is 12.8 Å². The lowest BCUT2D eigenvalue weighted by molar-refractivity contribution is 0.0279. The van der Waals surface area contributed by atoms with E-state index in [9.17, 15) is 9.59 Å². The summed E-state index contributed by atoms with van der Waals surface area (Å²) in [5.74, 6) is -2.65. The highest BCUT2D eigenvalue weighted by atomic mass is 16.5. The van der Waals surface area contributed by atoms with Gasteiger partial charge < -0.3 is 9.84 Å². The summed E-state index contributed by atoms with van der Waals surface area (Å²) < 4.78 is 35.4. The standard InChI is InChI=1S/C13H16O4/c1-3-9(4-2)17-13(16)11-8-6-5-7-10(11)12(14)15/h5-9H,3-4H2,1-2H3,(H,14,15)/i5D,6D,7D,8D. The monoisotopic (exact) mass is 240 g/mol. The Balaban J connectivity index is 3.47. The van der Waals surface area contributed by atoms with Crippen molar-refractivity contribution >= 4 is 11.9 Å². The first-order valence-corrected chi connectivity index (χ1v) is 5.30. The van der Waals surface area contributed by atoms with Crippen LogP contribution in [0.5, 0.6) is 0 Å². The molecule has 0 aliphatic heterocycles. The Kier molecular flexibility index (Phi) is 2.94. The maximum absolute atomic E-state index is 12.1. The fraction of sp³-hybridized carbons (Fsp3) is 0.385. The van der Waals surface area contributed by atoms with E-state index in [4.69, 9.17) is 15.3 Å². The van der Waals surface area contributed by atoms with Crippen LogP contribution in [0.4, 0.5) is 0 Å². The Bertz CT molecular complexity index is 582. The molecule has 0 saturated heterocycles. The highest BCUT2D eigenvalue weighted by Gasteiger charge is 2.19. The van der Waals surface area contributed by atoms with E-state index in [-0.39, 0.29) is 0 Å². The summed E-state index contributed by atoms with van der Waals surface area (Å²) >= 11 is 0. The SMILES string of the molecule is [2H]c1c([2H])c([2H])c(C(=O)OC(CC)CC)c(C(=O)O)c1[2H]. The van der Waals surface area contributed by atoms with Crippen LogP contribution in [-0.2, 0) is 4.74 Å². The number of hydrogen-bond donors (Lipinski definition) is 1. The van der Waals surface area contributed by atoms with Crippen molar-refractivity contribution in [1.29, 1.82) is 0 Å². The zero-order valence-electron chi connectivity index (χ0n) is 13.7. The number of ether oxygens (including phenoxy) is 1. The van der Waals surface area contributed by atoms with Crippen LogP contribution in [0.15, 0.2) is 24.2 Å². The van der Waals surface area contributed by atoms with Crippen LogP contribution < -0.4 is 0 Å². The highest BCUT2D eigenvalue weighted by molar-refractivity contribution is 6.02. The van der Waals surface area contributed by atoms with Gasteiger partial charge in [-0.05, 0) is 24.9 Å². The topological polar surface area (TPSA) is 63.6 Å². The van der Waals surface area contributed by atoms with E-state index in [1.54, 1.807) is 13.8 Å². The molecule has 0 spiro atoms. The van der Waals surface area contributed by atoms with E-state index in [2.05, 4.69) is 0 Å². The smallest absolute Gasteiger partial charge is 0.339 e. The number of hydrogen-bond acceptors (Lipinski definition) is 3. The van der Waals surface area contributed by atoms with Crippen molar-refractivity contribution in [2.75, 3.05) is 0 Å². The minimum atomic E-state index is -1.60. The third-order valence-electron chi connectivity index (χ3n) is 2.29. The average Bonchev–Trinajstić information content (AvgIpc) is 2.45. The number of benzene rings is 1. The van der Waals surface area contributed by atoms with Crippen molar-refractivity contribution in [3.05, 3.63) is 35.3 Å². The number of rotatable bonds is 5. The first kappa shape index (κ1) is 8.28. The van der Waals surface area contributed by atoms with E-state index < -0.39 is 53.3 Å². The summed E-state index contributed by atoms with van der Waals surface area (Å²) in [6.45, 7) is 3.58. The van der Waals surface area contributed by atoms with Gasteiger partial charge in [-0.25, -0.2) is 9.59 Å². The molecular weight excluding hydrogens is 220 g/mol. The number of carbonyl (C=O) groups is 2. The van der Waals surface area contributed by atoms with Gasteiger partial charge in [-0.2, -0.15) is 0 Å². The molecular formula is C13H16O4. The molecule has 0 aliphatic rings. The van der Waals surface area contributed by atoms with Crippen LogP contribution >= 0.6 is 0 Å². The Morgan fingerprint density at radius 1 is 1.29 bits per heavy atom. The molecule has 17 heavy (non-hydrogen) atoms. The van der Waals surface area contributed by atoms with Gasteiger partial charge in [0.1, 0.15) is 6.10 Å². The second-order valence-electron chi connectivity index (χ2n) is 3.40. The lowest BCUT2D eigenvalue weighted by Gasteiger charge is -2.14. The van der Waals surface area contributed by atoms with Crippen LogP contribution in [0.3, 0.4) is 0 Å². The molecule has 4 nitrogen and oxygen atoms in total. The third-order valence-corrected chi connectivity index (χ3v) is 2.29. The molecule has 0 atom stereocenters. The molecule has 0 amide bonds. The van der Waals surface area contributed by atoms with E-state index in [1.165, 1.54) is 0 Å². The fourth-order valence-corrected chi connectivity index (χ4v) is 1.29.